The van der Waals surface area contributed by atoms with Gasteiger partial charge in [0.1, 0.15) is 0 Å². The molecule has 0 fully saturated rings. The van der Waals surface area contributed by atoms with Crippen LogP contribution in [-0.2, 0) is 0 Å². The molecule has 0 rings (SSSR count). The van der Waals surface area contributed by atoms with E-state index in [1.165, 1.54) is 0 Å². The van der Waals surface area contributed by atoms with Gasteiger partial charge in [0.25, 0.3) is 0 Å². The highest BCUT2D eigenvalue weighted by atomic mass is 16.0. The number of nitrogens with zero attached hydrogens (tertiary/aromatic N) is 1. The van der Waals surface area contributed by atoms with Crippen LogP contribution < -0.4 is 5.73 Å². The van der Waals surface area contributed by atoms with E-state index in [4.69, 9.17) is 11.0 Å². The summed E-state index contributed by atoms with van der Waals surface area (Å²) >= 11 is 0. The van der Waals surface area contributed by atoms with Crippen LogP contribution in [0.1, 0.15) is 13.8 Å². The van der Waals surface area contributed by atoms with Gasteiger partial charge in [-0.3, -0.25) is 0 Å². The van der Waals surface area contributed by atoms with E-state index in [1.54, 1.807) is 13.8 Å². The molecule has 0 aromatic rings. The van der Waals surface area contributed by atoms with E-state index >= 15 is 0 Å². The number of rotatable bonds is 0. The zero-order valence-electron chi connectivity index (χ0n) is 5.52. The molecule has 0 heterocycles. The van der Waals surface area contributed by atoms with Gasteiger partial charge in [-0.2, -0.15) is 5.26 Å². The maximum atomic E-state index is 8.03. The topological polar surface area (TPSA) is 144 Å². The lowest BCUT2D eigenvalue weighted by Crippen LogP contribution is -2.28. The molecule has 5 heteroatoms. The Hall–Kier alpha value is -0.670. The first-order chi connectivity index (χ1) is 2.56. The van der Waals surface area contributed by atoms with Gasteiger partial charge < -0.3 is 22.2 Å². The average Bonchev–Trinajstić information content (AvgIpc) is 1.35. The Kier molecular flexibility index (Phi) is 19.4. The van der Waals surface area contributed by atoms with E-state index in [-0.39, 0.29) is 16.4 Å². The Balaban J connectivity index is -0.0000000417. The van der Waals surface area contributed by atoms with E-state index in [0.717, 1.165) is 0 Å². The van der Waals surface area contributed by atoms with Crippen molar-refractivity contribution in [2.45, 2.75) is 19.4 Å². The molecule has 0 aliphatic rings. The van der Waals surface area contributed by atoms with E-state index in [1.807, 2.05) is 6.07 Å². The van der Waals surface area contributed by atoms with Crippen LogP contribution >= 0.6 is 0 Å². The van der Waals surface area contributed by atoms with Crippen molar-refractivity contribution >= 4 is 0 Å². The standard InChI is InChI=1S/C4H8N2.3H2O/c1-4(2,6)3-5;;;/h6H2,1-2H3;3*1H2. The van der Waals surface area contributed by atoms with E-state index < -0.39 is 5.54 Å². The molecule has 0 unspecified atom stereocenters. The van der Waals surface area contributed by atoms with Crippen LogP contribution in [0, 0.1) is 11.3 Å². The van der Waals surface area contributed by atoms with Crippen LogP contribution in [0.2, 0.25) is 0 Å². The van der Waals surface area contributed by atoms with Gasteiger partial charge in [0.15, 0.2) is 0 Å². The predicted octanol–water partition coefficient (Wildman–Crippen LogP) is -2.23. The monoisotopic (exact) mass is 138 g/mol. The van der Waals surface area contributed by atoms with Gasteiger partial charge in [0, 0.05) is 0 Å². The average molecular weight is 138 g/mol. The van der Waals surface area contributed by atoms with E-state index in [9.17, 15) is 0 Å². The Bertz CT molecular complexity index is 80.8. The number of hydrogen-bond acceptors (Lipinski definition) is 2. The minimum atomic E-state index is -0.653. The minimum Gasteiger partial charge on any atom is -0.412 e. The molecule has 58 valence electrons. The fraction of sp³-hybridized carbons (Fsp3) is 0.750. The van der Waals surface area contributed by atoms with Gasteiger partial charge in [0.05, 0.1) is 11.6 Å². The molecule has 0 bridgehead atoms. The first-order valence-corrected chi connectivity index (χ1v) is 1.76. The maximum Gasteiger partial charge on any atom is 0.0981 e. The third kappa shape index (κ3) is 38.4. The normalized spacial score (nSPS) is 6.89. The predicted molar refractivity (Wildman–Crippen MR) is 34.7 cm³/mol. The number of nitrogens with two attached hydrogens (primary N) is 1. The van der Waals surface area contributed by atoms with Gasteiger partial charge in [0.2, 0.25) is 0 Å². The molecule has 0 aromatic carbocycles. The van der Waals surface area contributed by atoms with Gasteiger partial charge in [-0.05, 0) is 13.8 Å². The summed E-state index contributed by atoms with van der Waals surface area (Å²) in [5.41, 5.74) is 4.52. The van der Waals surface area contributed by atoms with Crippen molar-refractivity contribution in [2.24, 2.45) is 5.73 Å². The van der Waals surface area contributed by atoms with Crippen LogP contribution in [-0.4, -0.2) is 22.0 Å². The molecule has 5 nitrogen and oxygen atoms in total. The second kappa shape index (κ2) is 7.33. The zero-order chi connectivity index (χ0) is 5.21. The Morgan fingerprint density at radius 2 is 1.33 bits per heavy atom. The summed E-state index contributed by atoms with van der Waals surface area (Å²) in [6.45, 7) is 3.32. The number of hydrogen-bond donors (Lipinski definition) is 1. The fourth-order valence-electron chi connectivity index (χ4n) is 0. The minimum absolute atomic E-state index is 0. The van der Waals surface area contributed by atoms with Crippen LogP contribution in [0.4, 0.5) is 0 Å². The lowest BCUT2D eigenvalue weighted by Gasteiger charge is -2.02. The van der Waals surface area contributed by atoms with Crippen LogP contribution in [0.5, 0.6) is 0 Å². The summed E-state index contributed by atoms with van der Waals surface area (Å²) in [6, 6.07) is 1.88. The first-order valence-electron chi connectivity index (χ1n) is 1.76. The van der Waals surface area contributed by atoms with E-state index in [0.29, 0.717) is 0 Å². The largest absolute Gasteiger partial charge is 0.412 e. The van der Waals surface area contributed by atoms with Gasteiger partial charge in [-0.1, -0.05) is 0 Å². The van der Waals surface area contributed by atoms with Crippen molar-refractivity contribution in [2.75, 3.05) is 0 Å². The Labute approximate surface area is 54.0 Å². The summed E-state index contributed by atoms with van der Waals surface area (Å²) in [5.74, 6) is 0. The molecular formula is C4H14N2O3. The highest BCUT2D eigenvalue weighted by molar-refractivity contribution is 4.96. The molecule has 0 aliphatic heterocycles. The van der Waals surface area contributed by atoms with Crippen molar-refractivity contribution in [3.8, 4) is 6.07 Å². The third-order valence-electron chi connectivity index (χ3n) is 0.288. The lowest BCUT2D eigenvalue weighted by molar-refractivity contribution is 0.670. The van der Waals surface area contributed by atoms with E-state index in [2.05, 4.69) is 0 Å². The molecule has 0 saturated carbocycles. The fourth-order valence-corrected chi connectivity index (χ4v) is 0. The molecule has 9 heavy (non-hydrogen) atoms. The van der Waals surface area contributed by atoms with Crippen molar-refractivity contribution in [1.29, 1.82) is 5.26 Å². The van der Waals surface area contributed by atoms with Gasteiger partial charge >= 0.3 is 0 Å². The van der Waals surface area contributed by atoms with Gasteiger partial charge in [-0.25, -0.2) is 0 Å². The van der Waals surface area contributed by atoms with Crippen LogP contribution in [0.15, 0.2) is 0 Å². The van der Waals surface area contributed by atoms with Crippen molar-refractivity contribution in [3.63, 3.8) is 0 Å². The third-order valence-corrected chi connectivity index (χ3v) is 0.288. The van der Waals surface area contributed by atoms with Crippen molar-refractivity contribution in [3.05, 3.63) is 0 Å². The van der Waals surface area contributed by atoms with Gasteiger partial charge in [-0.15, -0.1) is 0 Å². The molecule has 0 aromatic heterocycles. The second-order valence-corrected chi connectivity index (χ2v) is 1.83. The molecule has 0 atom stereocenters. The molecule has 0 radical (unpaired) electrons. The quantitative estimate of drug-likeness (QED) is 0.404. The molecule has 0 saturated heterocycles. The highest BCUT2D eigenvalue weighted by Crippen LogP contribution is 1.88. The summed E-state index contributed by atoms with van der Waals surface area (Å²) < 4.78 is 0. The summed E-state index contributed by atoms with van der Waals surface area (Å²) in [5, 5.41) is 8.03. The summed E-state index contributed by atoms with van der Waals surface area (Å²) in [6.07, 6.45) is 0. The molecule has 0 amide bonds. The molecule has 0 spiro atoms. The van der Waals surface area contributed by atoms with Crippen molar-refractivity contribution < 1.29 is 16.4 Å². The second-order valence-electron chi connectivity index (χ2n) is 1.83. The maximum absolute atomic E-state index is 8.03. The van der Waals surface area contributed by atoms with Crippen LogP contribution in [0.25, 0.3) is 0 Å². The number of nitriles is 1. The Morgan fingerprint density at radius 1 is 1.22 bits per heavy atom. The zero-order valence-corrected chi connectivity index (χ0v) is 5.52. The summed E-state index contributed by atoms with van der Waals surface area (Å²) in [7, 11) is 0. The molecule has 8 N–H and O–H groups in total. The van der Waals surface area contributed by atoms with Crippen molar-refractivity contribution in [1.82, 2.24) is 0 Å². The first kappa shape index (κ1) is 23.9. The SMILES string of the molecule is CC(C)(N)C#N.O.O.O. The molecular weight excluding hydrogens is 124 g/mol. The smallest absolute Gasteiger partial charge is 0.0981 e. The summed E-state index contributed by atoms with van der Waals surface area (Å²) in [4.78, 5) is 0. The highest BCUT2D eigenvalue weighted by Gasteiger charge is 2.04. The molecule has 0 aliphatic carbocycles. The van der Waals surface area contributed by atoms with Crippen LogP contribution in [0.3, 0.4) is 0 Å². The lowest BCUT2D eigenvalue weighted by atomic mass is 10.1. The Morgan fingerprint density at radius 3 is 1.33 bits per heavy atom.